The number of fused-ring (bicyclic) bond motifs is 1. The fourth-order valence-corrected chi connectivity index (χ4v) is 1.78. The average molecular weight is 235 g/mol. The number of amides is 1. The number of carboxylic acid groups (broad SMARTS) is 1. The maximum atomic E-state index is 11.9. The van der Waals surface area contributed by atoms with Gasteiger partial charge in [0.15, 0.2) is 0 Å². The lowest BCUT2D eigenvalue weighted by Crippen LogP contribution is -2.47. The van der Waals surface area contributed by atoms with Gasteiger partial charge in [0.2, 0.25) is 5.91 Å². The first-order chi connectivity index (χ1) is 8.09. The maximum absolute atomic E-state index is 11.9. The molecule has 0 saturated carbocycles. The lowest BCUT2D eigenvalue weighted by atomic mass is 10.2. The first-order valence-electron chi connectivity index (χ1n) is 5.21. The van der Waals surface area contributed by atoms with Crippen molar-refractivity contribution in [2.24, 2.45) is 5.73 Å². The van der Waals surface area contributed by atoms with Gasteiger partial charge in [0.05, 0.1) is 11.4 Å². The number of hydrogen-bond donors (Lipinski definition) is 3. The minimum Gasteiger partial charge on any atom is -0.480 e. The van der Waals surface area contributed by atoms with Crippen LogP contribution in [0.15, 0.2) is 24.3 Å². The second kappa shape index (κ2) is 4.42. The lowest BCUT2D eigenvalue weighted by molar-refractivity contribution is -0.136. The number of nitrogens with one attached hydrogen (secondary N) is 1. The molecule has 0 aliphatic carbocycles. The fraction of sp³-hybridized carbons (Fsp3) is 0.273. The van der Waals surface area contributed by atoms with Crippen LogP contribution in [0.2, 0.25) is 0 Å². The number of hydrogen-bond acceptors (Lipinski definition) is 4. The summed E-state index contributed by atoms with van der Waals surface area (Å²) < 4.78 is 0. The van der Waals surface area contributed by atoms with E-state index in [1.54, 1.807) is 18.2 Å². The molecule has 1 aromatic carbocycles. The van der Waals surface area contributed by atoms with Crippen molar-refractivity contribution in [3.8, 4) is 0 Å². The largest absolute Gasteiger partial charge is 0.480 e. The van der Waals surface area contributed by atoms with Crippen LogP contribution < -0.4 is 16.0 Å². The third-order valence-electron chi connectivity index (χ3n) is 2.58. The zero-order valence-electron chi connectivity index (χ0n) is 9.09. The molecule has 1 amide bonds. The lowest BCUT2D eigenvalue weighted by Gasteiger charge is -2.21. The number of benzene rings is 1. The molecule has 1 aliphatic heterocycles. The summed E-state index contributed by atoms with van der Waals surface area (Å²) in [6.07, 6.45) is 0. The first-order valence-corrected chi connectivity index (χ1v) is 5.21. The van der Waals surface area contributed by atoms with Crippen LogP contribution in [0.5, 0.6) is 0 Å². The summed E-state index contributed by atoms with van der Waals surface area (Å²) in [7, 11) is 0. The average Bonchev–Trinajstić information content (AvgIpc) is 2.42. The Morgan fingerprint density at radius 2 is 2.24 bits per heavy atom. The van der Waals surface area contributed by atoms with Crippen LogP contribution in [0.4, 0.5) is 11.4 Å². The minimum absolute atomic E-state index is 0.298. The molecule has 1 atom stereocenters. The Morgan fingerprint density at radius 1 is 1.53 bits per heavy atom. The monoisotopic (exact) mass is 235 g/mol. The van der Waals surface area contributed by atoms with Gasteiger partial charge in [0.1, 0.15) is 12.6 Å². The number of nitrogens with two attached hydrogens (primary N) is 1. The van der Waals surface area contributed by atoms with Crippen molar-refractivity contribution in [3.63, 3.8) is 0 Å². The van der Waals surface area contributed by atoms with Gasteiger partial charge in [0.25, 0.3) is 0 Å². The number of carboxylic acids is 1. The molecule has 0 radical (unpaired) electrons. The van der Waals surface area contributed by atoms with E-state index in [1.807, 2.05) is 6.07 Å². The number of anilines is 2. The van der Waals surface area contributed by atoms with Gasteiger partial charge in [-0.3, -0.25) is 14.5 Å². The predicted octanol–water partition coefficient (Wildman–Crippen LogP) is -0.143. The van der Waals surface area contributed by atoms with E-state index in [0.717, 1.165) is 5.69 Å². The van der Waals surface area contributed by atoms with E-state index in [0.29, 0.717) is 12.2 Å². The summed E-state index contributed by atoms with van der Waals surface area (Å²) in [6, 6.07) is 6.31. The van der Waals surface area contributed by atoms with E-state index >= 15 is 0 Å². The Hall–Kier alpha value is -2.08. The number of carbonyl (C=O) groups excluding carboxylic acids is 1. The highest BCUT2D eigenvalue weighted by Gasteiger charge is 2.28. The Morgan fingerprint density at radius 3 is 2.94 bits per heavy atom. The molecule has 0 bridgehead atoms. The van der Waals surface area contributed by atoms with Crippen molar-refractivity contribution in [2.75, 3.05) is 23.3 Å². The smallest absolute Gasteiger partial charge is 0.323 e. The normalized spacial score (nSPS) is 19.2. The van der Waals surface area contributed by atoms with Crippen LogP contribution >= 0.6 is 0 Å². The summed E-state index contributed by atoms with van der Waals surface area (Å²) in [6.45, 7) is -0.0861. The summed E-state index contributed by atoms with van der Waals surface area (Å²) >= 11 is 0. The minimum atomic E-state index is -1.07. The number of nitrogens with zero attached hydrogens (tertiary/aromatic N) is 1. The van der Waals surface area contributed by atoms with Gasteiger partial charge in [-0.1, -0.05) is 12.1 Å². The molecule has 0 spiro atoms. The van der Waals surface area contributed by atoms with Gasteiger partial charge in [-0.05, 0) is 12.1 Å². The summed E-state index contributed by atoms with van der Waals surface area (Å²) in [5.41, 5.74) is 6.94. The number of carbonyl (C=O) groups is 2. The molecule has 6 nitrogen and oxygen atoms in total. The van der Waals surface area contributed by atoms with Crippen LogP contribution in [-0.4, -0.2) is 36.1 Å². The van der Waals surface area contributed by atoms with Crippen molar-refractivity contribution in [3.05, 3.63) is 24.3 Å². The fourth-order valence-electron chi connectivity index (χ4n) is 1.78. The van der Waals surface area contributed by atoms with E-state index in [-0.39, 0.29) is 12.5 Å². The molecule has 17 heavy (non-hydrogen) atoms. The van der Waals surface area contributed by atoms with Crippen molar-refractivity contribution >= 4 is 23.3 Å². The quantitative estimate of drug-likeness (QED) is 0.663. The van der Waals surface area contributed by atoms with Gasteiger partial charge < -0.3 is 16.2 Å². The second-order valence-corrected chi connectivity index (χ2v) is 3.82. The summed E-state index contributed by atoms with van der Waals surface area (Å²) in [5, 5.41) is 11.9. The highest BCUT2D eigenvalue weighted by molar-refractivity contribution is 6.04. The van der Waals surface area contributed by atoms with Crippen molar-refractivity contribution in [1.82, 2.24) is 0 Å². The van der Waals surface area contributed by atoms with E-state index in [2.05, 4.69) is 5.32 Å². The topological polar surface area (TPSA) is 95.7 Å². The molecular weight excluding hydrogens is 222 g/mol. The molecule has 0 aromatic heterocycles. The highest BCUT2D eigenvalue weighted by atomic mass is 16.4. The number of para-hydroxylation sites is 2. The van der Waals surface area contributed by atoms with E-state index < -0.39 is 12.0 Å². The Labute approximate surface area is 98.0 Å². The molecule has 1 aliphatic rings. The second-order valence-electron chi connectivity index (χ2n) is 3.82. The maximum Gasteiger partial charge on any atom is 0.323 e. The Balaban J connectivity index is 2.43. The number of aliphatic carboxylic acids is 1. The van der Waals surface area contributed by atoms with E-state index in [4.69, 9.17) is 10.8 Å². The van der Waals surface area contributed by atoms with Crippen LogP contribution in [0, 0.1) is 0 Å². The van der Waals surface area contributed by atoms with Gasteiger partial charge >= 0.3 is 5.97 Å². The van der Waals surface area contributed by atoms with Crippen LogP contribution in [0.25, 0.3) is 0 Å². The van der Waals surface area contributed by atoms with Gasteiger partial charge in [0, 0.05) is 6.54 Å². The zero-order chi connectivity index (χ0) is 12.4. The molecular formula is C11H13N3O3. The molecule has 4 N–H and O–H groups in total. The van der Waals surface area contributed by atoms with Crippen molar-refractivity contribution in [1.29, 1.82) is 0 Å². The van der Waals surface area contributed by atoms with Gasteiger partial charge in [-0.2, -0.15) is 0 Å². The van der Waals surface area contributed by atoms with Crippen molar-refractivity contribution in [2.45, 2.75) is 6.04 Å². The standard InChI is InChI=1S/C11H13N3O3/c12-7-5-13-8-3-1-2-4-9(8)14(11(7)17)6-10(15)16/h1-4,7,13H,5-6,12H2,(H,15,16)/t7-/m1/s1. The molecule has 0 saturated heterocycles. The predicted molar refractivity (Wildman–Crippen MR) is 62.9 cm³/mol. The molecule has 2 rings (SSSR count). The molecule has 6 heteroatoms. The molecule has 1 heterocycles. The van der Waals surface area contributed by atoms with Crippen LogP contribution in [-0.2, 0) is 9.59 Å². The Kier molecular flexibility index (Phi) is 2.97. The summed E-state index contributed by atoms with van der Waals surface area (Å²) in [4.78, 5) is 23.9. The van der Waals surface area contributed by atoms with E-state index in [9.17, 15) is 9.59 Å². The van der Waals surface area contributed by atoms with Gasteiger partial charge in [-0.25, -0.2) is 0 Å². The zero-order valence-corrected chi connectivity index (χ0v) is 9.09. The van der Waals surface area contributed by atoms with E-state index in [1.165, 1.54) is 4.90 Å². The third kappa shape index (κ3) is 2.21. The first kappa shape index (κ1) is 11.4. The van der Waals surface area contributed by atoms with Crippen LogP contribution in [0.3, 0.4) is 0 Å². The Bertz CT molecular complexity index is 461. The highest BCUT2D eigenvalue weighted by Crippen LogP contribution is 2.27. The molecule has 1 aromatic rings. The van der Waals surface area contributed by atoms with Crippen LogP contribution in [0.1, 0.15) is 0 Å². The SMILES string of the molecule is N[C@@H]1CNc2ccccc2N(CC(=O)O)C1=O. The summed E-state index contributed by atoms with van der Waals surface area (Å²) in [5.74, 6) is -1.45. The molecule has 0 fully saturated rings. The number of rotatable bonds is 2. The van der Waals surface area contributed by atoms with Gasteiger partial charge in [-0.15, -0.1) is 0 Å². The van der Waals surface area contributed by atoms with Crippen molar-refractivity contribution < 1.29 is 14.7 Å². The molecule has 90 valence electrons. The molecule has 0 unspecified atom stereocenters. The third-order valence-corrected chi connectivity index (χ3v) is 2.58.